The Labute approximate surface area is 125 Å². The zero-order valence-electron chi connectivity index (χ0n) is 12.5. The fraction of sp³-hybridized carbons (Fsp3) is 0.800. The first kappa shape index (κ1) is 18.4. The quantitative estimate of drug-likeness (QED) is 0.395. The van der Waals surface area contributed by atoms with Crippen LogP contribution in [0.2, 0.25) is 13.3 Å². The van der Waals surface area contributed by atoms with Gasteiger partial charge in [-0.1, -0.05) is 0 Å². The Kier molecular flexibility index (Phi) is 15.9. The number of rotatable bonds is 9. The third-order valence-electron chi connectivity index (χ3n) is 3.02. The van der Waals surface area contributed by atoms with Gasteiger partial charge < -0.3 is 0 Å². The standard InChI is InChI=1S/3C4H9.C3H3NS.Sn/c3*1-3-4-2;1-2-5-3-4-1;/h3*1,3-4H2,2H3;1-3H;/p+1. The SMILES string of the molecule is CCC[CH2][Sn]([CH2]CCC)[CH2]CCC.c1c[sH+]cn1. The van der Waals surface area contributed by atoms with Gasteiger partial charge in [0.05, 0.1) is 6.20 Å². The minimum atomic E-state index is -0.839. The molecule has 1 heterocycles. The number of hydrogen-bond donors (Lipinski definition) is 0. The maximum Gasteiger partial charge on any atom is 0.227 e. The van der Waals surface area contributed by atoms with Crippen molar-refractivity contribution >= 4 is 31.1 Å². The number of thiazole rings is 1. The van der Waals surface area contributed by atoms with Crippen molar-refractivity contribution in [1.82, 2.24) is 4.98 Å². The Bertz CT molecular complexity index is 190. The van der Waals surface area contributed by atoms with Crippen molar-refractivity contribution in [2.45, 2.75) is 72.6 Å². The fourth-order valence-electron chi connectivity index (χ4n) is 1.85. The first-order chi connectivity index (χ1) is 8.85. The van der Waals surface area contributed by atoms with Crippen molar-refractivity contribution in [2.24, 2.45) is 0 Å². The van der Waals surface area contributed by atoms with Gasteiger partial charge >= 0.3 is 92.4 Å². The molecule has 0 aliphatic carbocycles. The molecule has 0 aliphatic rings. The summed E-state index contributed by atoms with van der Waals surface area (Å²) < 4.78 is 5.04. The zero-order chi connectivity index (χ0) is 13.5. The van der Waals surface area contributed by atoms with Crippen LogP contribution in [0, 0.1) is 0 Å². The predicted octanol–water partition coefficient (Wildman–Crippen LogP) is 5.76. The van der Waals surface area contributed by atoms with Crippen LogP contribution in [-0.2, 0) is 0 Å². The van der Waals surface area contributed by atoms with E-state index in [0.29, 0.717) is 0 Å². The Morgan fingerprint density at radius 1 is 0.889 bits per heavy atom. The van der Waals surface area contributed by atoms with Crippen molar-refractivity contribution in [3.05, 3.63) is 17.1 Å². The zero-order valence-corrected chi connectivity index (χ0v) is 16.2. The number of unbranched alkanes of at least 4 members (excludes halogenated alkanes) is 3. The Morgan fingerprint density at radius 3 is 1.61 bits per heavy atom. The second kappa shape index (κ2) is 15.5. The van der Waals surface area contributed by atoms with Crippen LogP contribution in [-0.4, -0.2) is 24.7 Å². The number of hydrogen-bond acceptors (Lipinski definition) is 1. The maximum absolute atomic E-state index is 3.77. The third-order valence-corrected chi connectivity index (χ3v) is 12.7. The number of nitrogens with zero attached hydrogens (tertiary/aromatic N) is 1. The van der Waals surface area contributed by atoms with Gasteiger partial charge in [-0.25, -0.2) is 4.98 Å². The van der Waals surface area contributed by atoms with Gasteiger partial charge in [0.2, 0.25) is 5.51 Å². The molecule has 1 aromatic heterocycles. The predicted molar refractivity (Wildman–Crippen MR) is 88.4 cm³/mol. The van der Waals surface area contributed by atoms with Crippen LogP contribution in [0.15, 0.2) is 17.1 Å². The first-order valence-electron chi connectivity index (χ1n) is 7.55. The van der Waals surface area contributed by atoms with Crippen LogP contribution in [0.3, 0.4) is 0 Å². The minimum absolute atomic E-state index is 0.839. The summed E-state index contributed by atoms with van der Waals surface area (Å²) >= 11 is 0.380. The summed E-state index contributed by atoms with van der Waals surface area (Å²) in [4.78, 5) is 3.77. The topological polar surface area (TPSA) is 12.9 Å². The van der Waals surface area contributed by atoms with Crippen molar-refractivity contribution in [3.63, 3.8) is 0 Å². The van der Waals surface area contributed by atoms with E-state index in [1.54, 1.807) is 19.5 Å². The average molecular weight is 376 g/mol. The van der Waals surface area contributed by atoms with E-state index in [0.717, 1.165) is 0 Å². The first-order valence-corrected chi connectivity index (χ1v) is 14.6. The molecule has 1 nitrogen and oxygen atoms in total. The van der Waals surface area contributed by atoms with E-state index in [2.05, 4.69) is 25.8 Å². The summed E-state index contributed by atoms with van der Waals surface area (Å²) in [6, 6.07) is 0. The third kappa shape index (κ3) is 12.9. The molecule has 0 unspecified atom stereocenters. The summed E-state index contributed by atoms with van der Waals surface area (Å²) in [7, 11) is 0. The molecule has 18 heavy (non-hydrogen) atoms. The Balaban J connectivity index is 0.000000473. The molecule has 0 aromatic carbocycles. The molecule has 0 atom stereocenters. The molecule has 3 heteroatoms. The van der Waals surface area contributed by atoms with Gasteiger partial charge in [-0.05, 0) is 11.3 Å². The molecular weight excluding hydrogens is 345 g/mol. The Morgan fingerprint density at radius 2 is 1.39 bits per heavy atom. The molecule has 0 amide bonds. The van der Waals surface area contributed by atoms with Crippen molar-refractivity contribution in [3.8, 4) is 0 Å². The van der Waals surface area contributed by atoms with Crippen molar-refractivity contribution < 1.29 is 0 Å². The summed E-state index contributed by atoms with van der Waals surface area (Å²) in [6.45, 7) is 7.00. The van der Waals surface area contributed by atoms with Crippen LogP contribution in [0.5, 0.6) is 0 Å². The number of aromatic nitrogens is 1. The van der Waals surface area contributed by atoms with Gasteiger partial charge in [-0.15, -0.1) is 0 Å². The van der Waals surface area contributed by atoms with Crippen LogP contribution in [0.1, 0.15) is 59.3 Å². The largest absolute Gasteiger partial charge is 0.227 e. The molecule has 0 aliphatic heterocycles. The summed E-state index contributed by atoms with van der Waals surface area (Å²) in [5.74, 6) is 0. The Hall–Kier alpha value is 0.429. The van der Waals surface area contributed by atoms with Crippen LogP contribution in [0.4, 0.5) is 0 Å². The molecule has 0 saturated carbocycles. The average Bonchev–Trinajstić information content (AvgIpc) is 2.97. The van der Waals surface area contributed by atoms with E-state index in [1.165, 1.54) is 49.9 Å². The molecule has 105 valence electrons. The normalized spacial score (nSPS) is 10.2. The molecule has 1 rings (SSSR count). The fourth-order valence-corrected chi connectivity index (χ4v) is 11.7. The molecule has 0 bridgehead atoms. The van der Waals surface area contributed by atoms with Gasteiger partial charge in [-0.3, -0.25) is 0 Å². The molecule has 1 aromatic rings. The summed E-state index contributed by atoms with van der Waals surface area (Å²) in [5.41, 5.74) is 1.85. The van der Waals surface area contributed by atoms with Gasteiger partial charge in [-0.2, -0.15) is 0 Å². The van der Waals surface area contributed by atoms with E-state index >= 15 is 0 Å². The molecule has 0 saturated heterocycles. The van der Waals surface area contributed by atoms with E-state index in [9.17, 15) is 0 Å². The van der Waals surface area contributed by atoms with Crippen LogP contribution >= 0.6 is 11.3 Å². The van der Waals surface area contributed by atoms with Gasteiger partial charge in [0.15, 0.2) is 5.38 Å². The maximum atomic E-state index is 3.77. The van der Waals surface area contributed by atoms with Crippen LogP contribution in [0.25, 0.3) is 0 Å². The molecule has 0 fully saturated rings. The van der Waals surface area contributed by atoms with Crippen LogP contribution < -0.4 is 0 Å². The van der Waals surface area contributed by atoms with Gasteiger partial charge in [0.25, 0.3) is 0 Å². The van der Waals surface area contributed by atoms with Crippen molar-refractivity contribution in [1.29, 1.82) is 0 Å². The van der Waals surface area contributed by atoms with E-state index in [-0.39, 0.29) is 0 Å². The monoisotopic (exact) mass is 377 g/mol. The molecule has 1 radical (unpaired) electrons. The summed E-state index contributed by atoms with van der Waals surface area (Å²) in [6.07, 6.45) is 10.6. The summed E-state index contributed by atoms with van der Waals surface area (Å²) in [5, 5.41) is 1.99. The molecule has 0 spiro atoms. The van der Waals surface area contributed by atoms with Gasteiger partial charge in [0.1, 0.15) is 0 Å². The smallest absolute Gasteiger partial charge is 0.208 e. The van der Waals surface area contributed by atoms with Crippen molar-refractivity contribution in [2.75, 3.05) is 0 Å². The van der Waals surface area contributed by atoms with E-state index < -0.39 is 19.8 Å². The molecular formula is C15H31NSSn+. The minimum Gasteiger partial charge on any atom is -0.208 e. The molecule has 0 N–H and O–H groups in total. The second-order valence-electron chi connectivity index (χ2n) is 4.77. The van der Waals surface area contributed by atoms with E-state index in [4.69, 9.17) is 0 Å². The second-order valence-corrected chi connectivity index (χ2v) is 14.2. The van der Waals surface area contributed by atoms with Gasteiger partial charge in [0, 0.05) is 0 Å². The van der Waals surface area contributed by atoms with E-state index in [1.807, 2.05) is 10.9 Å².